The van der Waals surface area contributed by atoms with Crippen molar-refractivity contribution < 1.29 is 4.79 Å². The van der Waals surface area contributed by atoms with Crippen LogP contribution < -0.4 is 5.32 Å². The number of fused-ring (bicyclic) bond motifs is 1. The molecule has 4 rings (SSSR count). The van der Waals surface area contributed by atoms with Crippen LogP contribution in [-0.2, 0) is 7.05 Å². The molecular formula is C22H25N3O. The van der Waals surface area contributed by atoms with E-state index in [2.05, 4.69) is 35.6 Å². The summed E-state index contributed by atoms with van der Waals surface area (Å²) in [6.07, 6.45) is 4.00. The lowest BCUT2D eigenvalue weighted by Crippen LogP contribution is -2.37. The number of likely N-dealkylation sites (tertiary alicyclic amines) is 1. The Bertz CT molecular complexity index is 935. The molecule has 0 spiro atoms. The maximum atomic E-state index is 13.1. The Labute approximate surface area is 154 Å². The zero-order valence-corrected chi connectivity index (χ0v) is 15.4. The molecule has 2 aromatic carbocycles. The number of benzene rings is 2. The number of nitrogens with one attached hydrogen (secondary N) is 1. The second-order valence-corrected chi connectivity index (χ2v) is 7.11. The molecule has 1 fully saturated rings. The van der Waals surface area contributed by atoms with Crippen molar-refractivity contribution in [2.75, 3.05) is 25.5 Å². The van der Waals surface area contributed by atoms with Gasteiger partial charge in [-0.15, -0.1) is 0 Å². The number of para-hydroxylation sites is 1. The van der Waals surface area contributed by atoms with Crippen LogP contribution in [0.15, 0.2) is 54.7 Å². The Hall–Kier alpha value is -2.75. The van der Waals surface area contributed by atoms with Crippen LogP contribution >= 0.6 is 0 Å². The molecule has 4 nitrogen and oxygen atoms in total. The van der Waals surface area contributed by atoms with Gasteiger partial charge in [0.15, 0.2) is 0 Å². The van der Waals surface area contributed by atoms with E-state index in [4.69, 9.17) is 0 Å². The van der Waals surface area contributed by atoms with Crippen molar-refractivity contribution in [1.82, 2.24) is 9.47 Å². The minimum absolute atomic E-state index is 0.157. The Morgan fingerprint density at radius 1 is 1.08 bits per heavy atom. The number of amides is 1. The lowest BCUT2D eigenvalue weighted by Gasteiger charge is -2.32. The van der Waals surface area contributed by atoms with Crippen LogP contribution in [0.3, 0.4) is 0 Å². The molecule has 3 aromatic rings. The monoisotopic (exact) mass is 347 g/mol. The zero-order valence-electron chi connectivity index (χ0n) is 15.4. The molecule has 1 aliphatic heterocycles. The summed E-state index contributed by atoms with van der Waals surface area (Å²) in [4.78, 5) is 15.1. The number of anilines is 1. The smallest absolute Gasteiger partial charge is 0.256 e. The van der Waals surface area contributed by atoms with Crippen LogP contribution in [0.1, 0.15) is 34.7 Å². The van der Waals surface area contributed by atoms with Crippen LogP contribution in [0.5, 0.6) is 0 Å². The number of aromatic nitrogens is 1. The third-order valence-corrected chi connectivity index (χ3v) is 5.56. The van der Waals surface area contributed by atoms with E-state index in [0.717, 1.165) is 48.1 Å². The fourth-order valence-electron chi connectivity index (χ4n) is 4.05. The number of nitrogens with zero attached hydrogens (tertiary/aromatic N) is 2. The zero-order chi connectivity index (χ0) is 18.1. The molecule has 0 bridgehead atoms. The molecule has 0 atom stereocenters. The number of piperidine rings is 1. The van der Waals surface area contributed by atoms with E-state index in [-0.39, 0.29) is 5.91 Å². The standard InChI is InChI=1S/C22H25N3O/c1-23-18-7-5-6-17(14-18)16-10-12-25(13-11-16)22(26)20-15-24(2)21-9-4-3-8-19(20)21/h3-9,14-16,23H,10-13H2,1-2H3. The summed E-state index contributed by atoms with van der Waals surface area (Å²) in [6, 6.07) is 16.7. The quantitative estimate of drug-likeness (QED) is 0.769. The summed E-state index contributed by atoms with van der Waals surface area (Å²) in [7, 11) is 3.95. The van der Waals surface area contributed by atoms with Crippen molar-refractivity contribution in [3.63, 3.8) is 0 Å². The molecule has 0 radical (unpaired) electrons. The summed E-state index contributed by atoms with van der Waals surface area (Å²) in [5.74, 6) is 0.684. The Morgan fingerprint density at radius 3 is 2.62 bits per heavy atom. The lowest BCUT2D eigenvalue weighted by molar-refractivity contribution is 0.0715. The van der Waals surface area contributed by atoms with Gasteiger partial charge in [-0.3, -0.25) is 4.79 Å². The van der Waals surface area contributed by atoms with E-state index >= 15 is 0 Å². The SMILES string of the molecule is CNc1cccc(C2CCN(C(=O)c3cn(C)c4ccccc34)CC2)c1. The molecule has 1 aliphatic rings. The predicted molar refractivity (Wildman–Crippen MR) is 107 cm³/mol. The highest BCUT2D eigenvalue weighted by molar-refractivity contribution is 6.07. The van der Waals surface area contributed by atoms with Gasteiger partial charge in [0.2, 0.25) is 0 Å². The van der Waals surface area contributed by atoms with Crippen molar-refractivity contribution in [2.24, 2.45) is 7.05 Å². The van der Waals surface area contributed by atoms with Gasteiger partial charge in [0.25, 0.3) is 5.91 Å². The van der Waals surface area contributed by atoms with E-state index in [9.17, 15) is 4.79 Å². The minimum Gasteiger partial charge on any atom is -0.388 e. The summed E-state index contributed by atoms with van der Waals surface area (Å²) >= 11 is 0. The molecule has 2 heterocycles. The lowest BCUT2D eigenvalue weighted by atomic mass is 9.89. The van der Waals surface area contributed by atoms with Gasteiger partial charge in [0, 0.05) is 50.0 Å². The average Bonchev–Trinajstić information content (AvgIpc) is 3.04. The number of hydrogen-bond donors (Lipinski definition) is 1. The number of rotatable bonds is 3. The Morgan fingerprint density at radius 2 is 1.85 bits per heavy atom. The second-order valence-electron chi connectivity index (χ2n) is 7.11. The van der Waals surface area contributed by atoms with Crippen molar-refractivity contribution in [3.8, 4) is 0 Å². The van der Waals surface area contributed by atoms with Crippen molar-refractivity contribution in [2.45, 2.75) is 18.8 Å². The summed E-state index contributed by atoms with van der Waals surface area (Å²) in [6.45, 7) is 1.63. The molecule has 26 heavy (non-hydrogen) atoms. The van der Waals surface area contributed by atoms with E-state index < -0.39 is 0 Å². The summed E-state index contributed by atoms with van der Waals surface area (Å²) in [5.41, 5.74) is 4.44. The van der Waals surface area contributed by atoms with Gasteiger partial charge in [-0.1, -0.05) is 30.3 Å². The van der Waals surface area contributed by atoms with Gasteiger partial charge in [-0.05, 0) is 42.5 Å². The van der Waals surface area contributed by atoms with Crippen LogP contribution in [0.2, 0.25) is 0 Å². The topological polar surface area (TPSA) is 37.3 Å². The van der Waals surface area contributed by atoms with Gasteiger partial charge >= 0.3 is 0 Å². The Balaban J connectivity index is 1.49. The third-order valence-electron chi connectivity index (χ3n) is 5.56. The van der Waals surface area contributed by atoms with E-state index in [1.54, 1.807) is 0 Å². The molecule has 1 aromatic heterocycles. The van der Waals surface area contributed by atoms with Gasteiger partial charge in [0.05, 0.1) is 5.56 Å². The maximum absolute atomic E-state index is 13.1. The van der Waals surface area contributed by atoms with Crippen LogP contribution in [-0.4, -0.2) is 35.5 Å². The van der Waals surface area contributed by atoms with Crippen LogP contribution in [0.4, 0.5) is 5.69 Å². The number of carbonyl (C=O) groups is 1. The largest absolute Gasteiger partial charge is 0.388 e. The predicted octanol–water partition coefficient (Wildman–Crippen LogP) is 4.24. The minimum atomic E-state index is 0.157. The van der Waals surface area contributed by atoms with Gasteiger partial charge in [0.1, 0.15) is 0 Å². The molecule has 1 amide bonds. The normalized spacial score (nSPS) is 15.4. The van der Waals surface area contributed by atoms with E-state index in [1.165, 1.54) is 5.56 Å². The van der Waals surface area contributed by atoms with E-state index in [1.807, 2.05) is 48.0 Å². The van der Waals surface area contributed by atoms with Gasteiger partial charge in [-0.2, -0.15) is 0 Å². The first-order valence-electron chi connectivity index (χ1n) is 9.28. The summed E-state index contributed by atoms with van der Waals surface area (Å²) in [5, 5.41) is 4.25. The number of aryl methyl sites for hydroxylation is 1. The maximum Gasteiger partial charge on any atom is 0.256 e. The number of hydrogen-bond acceptors (Lipinski definition) is 2. The molecule has 0 saturated carbocycles. The highest BCUT2D eigenvalue weighted by Gasteiger charge is 2.26. The third kappa shape index (κ3) is 2.96. The van der Waals surface area contributed by atoms with Crippen molar-refractivity contribution in [1.29, 1.82) is 0 Å². The van der Waals surface area contributed by atoms with Gasteiger partial charge < -0.3 is 14.8 Å². The molecule has 1 N–H and O–H groups in total. The molecule has 4 heteroatoms. The molecular weight excluding hydrogens is 322 g/mol. The fraction of sp³-hybridized carbons (Fsp3) is 0.318. The molecule has 0 aliphatic carbocycles. The first kappa shape index (κ1) is 16.7. The highest BCUT2D eigenvalue weighted by Crippen LogP contribution is 2.31. The highest BCUT2D eigenvalue weighted by atomic mass is 16.2. The van der Waals surface area contributed by atoms with Crippen LogP contribution in [0, 0.1) is 0 Å². The Kier molecular flexibility index (Phi) is 4.41. The second kappa shape index (κ2) is 6.87. The fourth-order valence-corrected chi connectivity index (χ4v) is 4.05. The van der Waals surface area contributed by atoms with Crippen LogP contribution in [0.25, 0.3) is 10.9 Å². The first-order valence-corrected chi connectivity index (χ1v) is 9.28. The molecule has 0 unspecified atom stereocenters. The summed E-state index contributed by atoms with van der Waals surface area (Å²) < 4.78 is 2.04. The average molecular weight is 347 g/mol. The van der Waals surface area contributed by atoms with E-state index in [0.29, 0.717) is 5.92 Å². The van der Waals surface area contributed by atoms with Gasteiger partial charge in [-0.25, -0.2) is 0 Å². The first-order chi connectivity index (χ1) is 12.7. The molecule has 134 valence electrons. The van der Waals surface area contributed by atoms with Crippen molar-refractivity contribution in [3.05, 3.63) is 65.9 Å². The number of carbonyl (C=O) groups excluding carboxylic acids is 1. The molecule has 1 saturated heterocycles. The van der Waals surface area contributed by atoms with Crippen molar-refractivity contribution >= 4 is 22.5 Å².